The highest BCUT2D eigenvalue weighted by Crippen LogP contribution is 2.28. The lowest BCUT2D eigenvalue weighted by atomic mass is 10.1. The van der Waals surface area contributed by atoms with Crippen LogP contribution in [0.1, 0.15) is 34.8 Å². The summed E-state index contributed by atoms with van der Waals surface area (Å²) in [4.78, 5) is 17.3. The van der Waals surface area contributed by atoms with Crippen LogP contribution >= 0.6 is 23.1 Å². The van der Waals surface area contributed by atoms with E-state index in [0.717, 1.165) is 28.1 Å². The van der Waals surface area contributed by atoms with Gasteiger partial charge in [0, 0.05) is 17.7 Å². The number of amides is 1. The smallest absolute Gasteiger partial charge is 0.257 e. The number of thioether (sulfide) groups is 1. The maximum Gasteiger partial charge on any atom is 0.257 e. The number of para-hydroxylation sites is 2. The average Bonchev–Trinajstić information content (AvgIpc) is 3.32. The van der Waals surface area contributed by atoms with Gasteiger partial charge in [-0.25, -0.2) is 4.98 Å². The van der Waals surface area contributed by atoms with Gasteiger partial charge in [0.25, 0.3) is 11.1 Å². The molecule has 2 aromatic carbocycles. The Hall–Kier alpha value is -2.71. The van der Waals surface area contributed by atoms with Crippen LogP contribution in [0.2, 0.25) is 0 Å². The Morgan fingerprint density at radius 3 is 2.76 bits per heavy atom. The first kappa shape index (κ1) is 19.6. The Bertz CT molecular complexity index is 1100. The van der Waals surface area contributed by atoms with E-state index in [1.165, 1.54) is 23.1 Å². The Balaban J connectivity index is 1.45. The van der Waals surface area contributed by atoms with Gasteiger partial charge in [-0.1, -0.05) is 67.3 Å². The zero-order valence-electron chi connectivity index (χ0n) is 16.1. The molecule has 0 saturated heterocycles. The van der Waals surface area contributed by atoms with Gasteiger partial charge in [0.15, 0.2) is 5.58 Å². The van der Waals surface area contributed by atoms with Crippen LogP contribution in [0, 0.1) is 5.92 Å². The molecule has 6 nitrogen and oxygen atoms in total. The minimum Gasteiger partial charge on any atom is -0.431 e. The van der Waals surface area contributed by atoms with Crippen molar-refractivity contribution in [2.45, 2.75) is 31.2 Å². The van der Waals surface area contributed by atoms with Crippen LogP contribution in [0.5, 0.6) is 0 Å². The first-order chi connectivity index (χ1) is 14.1. The van der Waals surface area contributed by atoms with Gasteiger partial charge in [0.2, 0.25) is 5.13 Å². The van der Waals surface area contributed by atoms with Crippen molar-refractivity contribution in [2.24, 2.45) is 5.92 Å². The van der Waals surface area contributed by atoms with E-state index in [9.17, 15) is 4.79 Å². The fourth-order valence-electron chi connectivity index (χ4n) is 2.82. The number of hydrogen-bond donors (Lipinski definition) is 1. The molecule has 0 aliphatic heterocycles. The van der Waals surface area contributed by atoms with Crippen LogP contribution in [0.3, 0.4) is 0 Å². The summed E-state index contributed by atoms with van der Waals surface area (Å²) in [6.45, 7) is 4.26. The van der Waals surface area contributed by atoms with Gasteiger partial charge in [-0.05, 0) is 29.7 Å². The van der Waals surface area contributed by atoms with E-state index in [-0.39, 0.29) is 5.91 Å². The highest BCUT2D eigenvalue weighted by atomic mass is 32.2. The Morgan fingerprint density at radius 2 is 1.93 bits per heavy atom. The Morgan fingerprint density at radius 1 is 1.14 bits per heavy atom. The third kappa shape index (κ3) is 4.83. The fourth-order valence-corrected chi connectivity index (χ4v) is 4.61. The van der Waals surface area contributed by atoms with E-state index in [1.807, 2.05) is 48.5 Å². The molecular weight excluding hydrogens is 404 g/mol. The number of oxazole rings is 1. The van der Waals surface area contributed by atoms with Gasteiger partial charge >= 0.3 is 0 Å². The van der Waals surface area contributed by atoms with Crippen molar-refractivity contribution in [3.8, 4) is 0 Å². The van der Waals surface area contributed by atoms with Crippen LogP contribution < -0.4 is 5.32 Å². The summed E-state index contributed by atoms with van der Waals surface area (Å²) in [7, 11) is 0. The van der Waals surface area contributed by atoms with E-state index in [2.05, 4.69) is 34.3 Å². The SMILES string of the molecule is CC(C)Cc1nnc(NC(=O)c2ccccc2CSc2nc3ccccc3o2)s1. The Kier molecular flexibility index (Phi) is 5.92. The van der Waals surface area contributed by atoms with Crippen molar-refractivity contribution in [3.63, 3.8) is 0 Å². The molecule has 4 aromatic rings. The van der Waals surface area contributed by atoms with Gasteiger partial charge in [0.1, 0.15) is 10.5 Å². The average molecular weight is 425 g/mol. The normalized spacial score (nSPS) is 11.3. The second-order valence-corrected chi connectivity index (χ2v) is 8.94. The zero-order chi connectivity index (χ0) is 20.2. The highest BCUT2D eigenvalue weighted by molar-refractivity contribution is 7.98. The number of hydrogen-bond acceptors (Lipinski definition) is 7. The van der Waals surface area contributed by atoms with Gasteiger partial charge in [-0.15, -0.1) is 10.2 Å². The van der Waals surface area contributed by atoms with Crippen LogP contribution in [-0.4, -0.2) is 21.1 Å². The molecule has 2 heterocycles. The summed E-state index contributed by atoms with van der Waals surface area (Å²) in [5.74, 6) is 0.882. The maximum absolute atomic E-state index is 12.8. The van der Waals surface area contributed by atoms with E-state index in [0.29, 0.717) is 27.6 Å². The molecule has 29 heavy (non-hydrogen) atoms. The van der Waals surface area contributed by atoms with Gasteiger partial charge in [0.05, 0.1) is 0 Å². The molecule has 0 bridgehead atoms. The van der Waals surface area contributed by atoms with Crippen LogP contribution in [0.15, 0.2) is 58.2 Å². The predicted molar refractivity (Wildman–Crippen MR) is 116 cm³/mol. The summed E-state index contributed by atoms with van der Waals surface area (Å²) < 4.78 is 5.75. The van der Waals surface area contributed by atoms with E-state index in [1.54, 1.807) is 0 Å². The quantitative estimate of drug-likeness (QED) is 0.399. The number of fused-ring (bicyclic) bond motifs is 1. The summed E-state index contributed by atoms with van der Waals surface area (Å²) in [5, 5.41) is 13.1. The molecule has 0 aliphatic rings. The van der Waals surface area contributed by atoms with Gasteiger partial charge < -0.3 is 4.42 Å². The van der Waals surface area contributed by atoms with Crippen LogP contribution in [0.25, 0.3) is 11.1 Å². The molecule has 0 radical (unpaired) electrons. The molecule has 0 spiro atoms. The first-order valence-electron chi connectivity index (χ1n) is 9.28. The van der Waals surface area contributed by atoms with Crippen molar-refractivity contribution in [1.82, 2.24) is 15.2 Å². The lowest BCUT2D eigenvalue weighted by Gasteiger charge is -2.07. The van der Waals surface area contributed by atoms with E-state index >= 15 is 0 Å². The van der Waals surface area contributed by atoms with Crippen molar-refractivity contribution in [2.75, 3.05) is 5.32 Å². The molecule has 0 fully saturated rings. The van der Waals surface area contributed by atoms with E-state index in [4.69, 9.17) is 4.42 Å². The third-order valence-corrected chi connectivity index (χ3v) is 5.90. The van der Waals surface area contributed by atoms with Crippen molar-refractivity contribution >= 4 is 45.2 Å². The summed E-state index contributed by atoms with van der Waals surface area (Å²) >= 11 is 2.88. The molecular formula is C21H20N4O2S2. The summed E-state index contributed by atoms with van der Waals surface area (Å²) in [5.41, 5.74) is 3.10. The second kappa shape index (κ2) is 8.75. The predicted octanol–water partition coefficient (Wildman–Crippen LogP) is 5.42. The minimum atomic E-state index is -0.189. The van der Waals surface area contributed by atoms with Crippen LogP contribution in [0.4, 0.5) is 5.13 Å². The van der Waals surface area contributed by atoms with Crippen molar-refractivity contribution < 1.29 is 9.21 Å². The molecule has 0 saturated carbocycles. The molecule has 0 unspecified atom stereocenters. The molecule has 2 aromatic heterocycles. The number of carbonyl (C=O) groups is 1. The molecule has 1 N–H and O–H groups in total. The number of aromatic nitrogens is 3. The number of carbonyl (C=O) groups excluding carboxylic acids is 1. The number of nitrogens with zero attached hydrogens (tertiary/aromatic N) is 3. The Labute approximate surface area is 176 Å². The maximum atomic E-state index is 12.8. The van der Waals surface area contributed by atoms with E-state index < -0.39 is 0 Å². The molecule has 4 rings (SSSR count). The molecule has 1 amide bonds. The lowest BCUT2D eigenvalue weighted by Crippen LogP contribution is -2.13. The van der Waals surface area contributed by atoms with Crippen molar-refractivity contribution in [3.05, 3.63) is 64.7 Å². The number of anilines is 1. The number of rotatable bonds is 7. The number of nitrogens with one attached hydrogen (secondary N) is 1. The molecule has 8 heteroatoms. The lowest BCUT2D eigenvalue weighted by molar-refractivity contribution is 0.102. The number of benzene rings is 2. The standard InChI is InChI=1S/C21H20N4O2S2/c1-13(2)11-18-24-25-20(29-18)23-19(26)15-8-4-3-7-14(15)12-28-21-22-16-9-5-6-10-17(16)27-21/h3-10,13H,11-12H2,1-2H3,(H,23,25,26). The van der Waals surface area contributed by atoms with Gasteiger partial charge in [-0.2, -0.15) is 0 Å². The fraction of sp³-hybridized carbons (Fsp3) is 0.238. The minimum absolute atomic E-state index is 0.189. The third-order valence-electron chi connectivity index (χ3n) is 4.16. The largest absolute Gasteiger partial charge is 0.431 e. The summed E-state index contributed by atoms with van der Waals surface area (Å²) in [6.07, 6.45) is 0.852. The molecule has 0 aliphatic carbocycles. The van der Waals surface area contributed by atoms with Crippen molar-refractivity contribution in [1.29, 1.82) is 0 Å². The van der Waals surface area contributed by atoms with Gasteiger partial charge in [-0.3, -0.25) is 10.1 Å². The van der Waals surface area contributed by atoms with Crippen LogP contribution in [-0.2, 0) is 12.2 Å². The highest BCUT2D eigenvalue weighted by Gasteiger charge is 2.15. The molecule has 0 atom stereocenters. The first-order valence-corrected chi connectivity index (χ1v) is 11.1. The summed E-state index contributed by atoms with van der Waals surface area (Å²) in [6, 6.07) is 15.2. The second-order valence-electron chi connectivity index (χ2n) is 6.95. The molecule has 148 valence electrons. The topological polar surface area (TPSA) is 80.9 Å². The zero-order valence-corrected chi connectivity index (χ0v) is 17.7. The monoisotopic (exact) mass is 424 g/mol.